The number of ether oxygens (including phenoxy) is 1. The fraction of sp³-hybridized carbons (Fsp3) is 0.417. The standard InChI is InChI=1S/C12H15NO3.ClH/c1-16-9-4-2-3-8(5-9)10-6-13-7-11(10)12(14)15;/h2-5,10-11,13H,6-7H2,1H3,(H,14,15);1H/t10-,11-;/m0./s1. The number of methoxy groups -OCH3 is 1. The molecule has 0 bridgehead atoms. The van der Waals surface area contributed by atoms with Crippen LogP contribution in [0.15, 0.2) is 24.3 Å². The molecule has 0 unspecified atom stereocenters. The summed E-state index contributed by atoms with van der Waals surface area (Å²) in [4.78, 5) is 11.1. The van der Waals surface area contributed by atoms with Crippen LogP contribution in [-0.4, -0.2) is 31.3 Å². The number of hydrogen-bond acceptors (Lipinski definition) is 3. The van der Waals surface area contributed by atoms with Crippen molar-refractivity contribution in [1.29, 1.82) is 0 Å². The monoisotopic (exact) mass is 257 g/mol. The molecule has 2 atom stereocenters. The van der Waals surface area contributed by atoms with Gasteiger partial charge < -0.3 is 15.2 Å². The zero-order valence-electron chi connectivity index (χ0n) is 9.55. The minimum absolute atomic E-state index is 0. The summed E-state index contributed by atoms with van der Waals surface area (Å²) in [5, 5.41) is 12.2. The molecule has 4 nitrogen and oxygen atoms in total. The largest absolute Gasteiger partial charge is 0.497 e. The summed E-state index contributed by atoms with van der Waals surface area (Å²) in [6.45, 7) is 1.25. The van der Waals surface area contributed by atoms with E-state index < -0.39 is 5.97 Å². The number of carboxylic acids is 1. The number of rotatable bonds is 3. The molecule has 1 aliphatic heterocycles. The van der Waals surface area contributed by atoms with E-state index in [0.717, 1.165) is 11.3 Å². The second-order valence-corrected chi connectivity index (χ2v) is 3.99. The van der Waals surface area contributed by atoms with Crippen molar-refractivity contribution in [2.45, 2.75) is 5.92 Å². The number of halogens is 1. The predicted octanol–water partition coefficient (Wildman–Crippen LogP) is 1.50. The first kappa shape index (κ1) is 13.8. The average molecular weight is 258 g/mol. The van der Waals surface area contributed by atoms with E-state index in [0.29, 0.717) is 13.1 Å². The summed E-state index contributed by atoms with van der Waals surface area (Å²) in [5.41, 5.74) is 1.02. The van der Waals surface area contributed by atoms with Crippen molar-refractivity contribution >= 4 is 18.4 Å². The van der Waals surface area contributed by atoms with Gasteiger partial charge >= 0.3 is 5.97 Å². The number of carboxylic acid groups (broad SMARTS) is 1. The molecule has 1 saturated heterocycles. The van der Waals surface area contributed by atoms with E-state index in [-0.39, 0.29) is 24.2 Å². The molecule has 0 spiro atoms. The Balaban J connectivity index is 0.00000144. The van der Waals surface area contributed by atoms with Gasteiger partial charge in [-0.25, -0.2) is 0 Å². The Bertz CT molecular complexity index is 397. The Kier molecular flexibility index (Phi) is 4.78. The van der Waals surface area contributed by atoms with Gasteiger partial charge in [-0.1, -0.05) is 12.1 Å². The number of hydrogen-bond donors (Lipinski definition) is 2. The molecule has 0 amide bonds. The van der Waals surface area contributed by atoms with Crippen LogP contribution in [0.25, 0.3) is 0 Å². The molecule has 0 saturated carbocycles. The van der Waals surface area contributed by atoms with E-state index >= 15 is 0 Å². The first-order chi connectivity index (χ1) is 7.72. The third-order valence-corrected chi connectivity index (χ3v) is 3.05. The van der Waals surface area contributed by atoms with Crippen molar-refractivity contribution < 1.29 is 14.6 Å². The Morgan fingerprint density at radius 2 is 2.24 bits per heavy atom. The molecule has 5 heteroatoms. The van der Waals surface area contributed by atoms with Gasteiger partial charge in [-0.15, -0.1) is 12.4 Å². The highest BCUT2D eigenvalue weighted by Gasteiger charge is 2.33. The molecule has 1 aromatic rings. The lowest BCUT2D eigenvalue weighted by atomic mass is 9.89. The molecule has 1 fully saturated rings. The molecular formula is C12H16ClNO3. The number of aliphatic carboxylic acids is 1. The van der Waals surface area contributed by atoms with Gasteiger partial charge in [0, 0.05) is 19.0 Å². The lowest BCUT2D eigenvalue weighted by molar-refractivity contribution is -0.141. The van der Waals surface area contributed by atoms with Gasteiger partial charge in [-0.05, 0) is 17.7 Å². The Hall–Kier alpha value is -1.26. The molecule has 1 aliphatic rings. The van der Waals surface area contributed by atoms with Crippen LogP contribution >= 0.6 is 12.4 Å². The van der Waals surface area contributed by atoms with Crippen LogP contribution in [0.1, 0.15) is 11.5 Å². The Morgan fingerprint density at radius 3 is 2.88 bits per heavy atom. The smallest absolute Gasteiger partial charge is 0.308 e. The van der Waals surface area contributed by atoms with E-state index in [1.807, 2.05) is 24.3 Å². The first-order valence-electron chi connectivity index (χ1n) is 5.30. The van der Waals surface area contributed by atoms with Gasteiger partial charge in [0.05, 0.1) is 13.0 Å². The van der Waals surface area contributed by atoms with Gasteiger partial charge in [-0.3, -0.25) is 4.79 Å². The van der Waals surface area contributed by atoms with Crippen LogP contribution in [-0.2, 0) is 4.79 Å². The van der Waals surface area contributed by atoms with Crippen LogP contribution < -0.4 is 10.1 Å². The maximum atomic E-state index is 11.1. The van der Waals surface area contributed by atoms with Crippen molar-refractivity contribution in [2.24, 2.45) is 5.92 Å². The highest BCUT2D eigenvalue weighted by atomic mass is 35.5. The molecule has 0 radical (unpaired) electrons. The average Bonchev–Trinajstić information content (AvgIpc) is 2.78. The highest BCUT2D eigenvalue weighted by Crippen LogP contribution is 2.30. The van der Waals surface area contributed by atoms with Crippen LogP contribution in [0.3, 0.4) is 0 Å². The third kappa shape index (κ3) is 2.90. The molecule has 2 rings (SSSR count). The molecule has 17 heavy (non-hydrogen) atoms. The summed E-state index contributed by atoms with van der Waals surface area (Å²) in [5.74, 6) is -0.272. The quantitative estimate of drug-likeness (QED) is 0.862. The van der Waals surface area contributed by atoms with E-state index in [9.17, 15) is 4.79 Å². The van der Waals surface area contributed by atoms with Gasteiger partial charge in [0.15, 0.2) is 0 Å². The van der Waals surface area contributed by atoms with Gasteiger partial charge in [-0.2, -0.15) is 0 Å². The summed E-state index contributed by atoms with van der Waals surface area (Å²) in [6, 6.07) is 7.62. The van der Waals surface area contributed by atoms with Crippen molar-refractivity contribution in [3.05, 3.63) is 29.8 Å². The van der Waals surface area contributed by atoms with Crippen molar-refractivity contribution in [2.75, 3.05) is 20.2 Å². The number of nitrogens with one attached hydrogen (secondary N) is 1. The van der Waals surface area contributed by atoms with E-state index in [1.54, 1.807) is 7.11 Å². The molecule has 0 aliphatic carbocycles. The molecule has 1 heterocycles. The fourth-order valence-corrected chi connectivity index (χ4v) is 2.16. The Labute approximate surface area is 106 Å². The van der Waals surface area contributed by atoms with Crippen LogP contribution in [0.5, 0.6) is 5.75 Å². The molecule has 2 N–H and O–H groups in total. The zero-order chi connectivity index (χ0) is 11.5. The van der Waals surface area contributed by atoms with Crippen LogP contribution in [0.2, 0.25) is 0 Å². The van der Waals surface area contributed by atoms with Crippen LogP contribution in [0, 0.1) is 5.92 Å². The molecule has 1 aromatic carbocycles. The second-order valence-electron chi connectivity index (χ2n) is 3.99. The second kappa shape index (κ2) is 5.89. The minimum Gasteiger partial charge on any atom is -0.497 e. The van der Waals surface area contributed by atoms with Gasteiger partial charge in [0.1, 0.15) is 5.75 Å². The summed E-state index contributed by atoms with van der Waals surface area (Å²) < 4.78 is 5.14. The van der Waals surface area contributed by atoms with Gasteiger partial charge in [0.25, 0.3) is 0 Å². The topological polar surface area (TPSA) is 58.6 Å². The fourth-order valence-electron chi connectivity index (χ4n) is 2.16. The maximum absolute atomic E-state index is 11.1. The number of benzene rings is 1. The Morgan fingerprint density at radius 1 is 1.47 bits per heavy atom. The maximum Gasteiger partial charge on any atom is 0.308 e. The summed E-state index contributed by atoms with van der Waals surface area (Å²) in [6.07, 6.45) is 0. The highest BCUT2D eigenvalue weighted by molar-refractivity contribution is 5.85. The van der Waals surface area contributed by atoms with Gasteiger partial charge in [0.2, 0.25) is 0 Å². The SMILES string of the molecule is COc1cccc([C@@H]2CNC[C@@H]2C(=O)O)c1.Cl. The zero-order valence-corrected chi connectivity index (χ0v) is 10.4. The first-order valence-corrected chi connectivity index (χ1v) is 5.30. The summed E-state index contributed by atoms with van der Waals surface area (Å²) >= 11 is 0. The van der Waals surface area contributed by atoms with Crippen molar-refractivity contribution in [3.8, 4) is 5.75 Å². The molecular weight excluding hydrogens is 242 g/mol. The summed E-state index contributed by atoms with van der Waals surface area (Å²) in [7, 11) is 1.61. The molecule has 0 aromatic heterocycles. The number of carbonyl (C=O) groups is 1. The van der Waals surface area contributed by atoms with E-state index in [4.69, 9.17) is 9.84 Å². The lowest BCUT2D eigenvalue weighted by Crippen LogP contribution is -2.20. The van der Waals surface area contributed by atoms with E-state index in [1.165, 1.54) is 0 Å². The van der Waals surface area contributed by atoms with Crippen molar-refractivity contribution in [1.82, 2.24) is 5.32 Å². The molecule has 94 valence electrons. The van der Waals surface area contributed by atoms with Crippen LogP contribution in [0.4, 0.5) is 0 Å². The minimum atomic E-state index is -0.738. The van der Waals surface area contributed by atoms with Crippen molar-refractivity contribution in [3.63, 3.8) is 0 Å². The third-order valence-electron chi connectivity index (χ3n) is 3.05. The normalized spacial score (nSPS) is 22.9. The predicted molar refractivity (Wildman–Crippen MR) is 67.0 cm³/mol. The lowest BCUT2D eigenvalue weighted by Gasteiger charge is -2.15. The van der Waals surface area contributed by atoms with E-state index in [2.05, 4.69) is 5.32 Å².